The van der Waals surface area contributed by atoms with Crippen LogP contribution >= 0.6 is 0 Å². The summed E-state index contributed by atoms with van der Waals surface area (Å²) in [6.45, 7) is 13.7. The zero-order valence-corrected chi connectivity index (χ0v) is 28.1. The van der Waals surface area contributed by atoms with Crippen molar-refractivity contribution in [2.75, 3.05) is 5.73 Å². The van der Waals surface area contributed by atoms with Crippen molar-refractivity contribution >= 4 is 5.69 Å². The number of rotatable bonds is 2. The topological polar surface area (TPSA) is 35.2 Å². The predicted molar refractivity (Wildman–Crippen MR) is 197 cm³/mol. The van der Waals surface area contributed by atoms with E-state index in [1.165, 1.54) is 38.9 Å². The van der Waals surface area contributed by atoms with Gasteiger partial charge in [-0.2, -0.15) is 0 Å². The second-order valence-corrected chi connectivity index (χ2v) is 15.2. The lowest BCUT2D eigenvalue weighted by Crippen LogP contribution is -2.32. The van der Waals surface area contributed by atoms with E-state index in [0.29, 0.717) is 0 Å². The highest BCUT2D eigenvalue weighted by Crippen LogP contribution is 2.63. The van der Waals surface area contributed by atoms with Gasteiger partial charge in [0.2, 0.25) is 0 Å². The molecule has 1 heterocycles. The van der Waals surface area contributed by atoms with Crippen molar-refractivity contribution in [1.29, 1.82) is 0 Å². The van der Waals surface area contributed by atoms with Crippen LogP contribution < -0.4 is 10.5 Å². The smallest absolute Gasteiger partial charge is 0.132 e. The number of nitrogen functional groups attached to an aromatic ring is 1. The molecule has 0 radical (unpaired) electrons. The first kappa shape index (κ1) is 29.3. The van der Waals surface area contributed by atoms with Gasteiger partial charge in [0.1, 0.15) is 11.5 Å². The fourth-order valence-electron chi connectivity index (χ4n) is 7.83. The quantitative estimate of drug-likeness (QED) is 0.197. The number of ether oxygens (including phenoxy) is 1. The molecule has 0 saturated heterocycles. The monoisotopic (exact) mass is 611 g/mol. The van der Waals surface area contributed by atoms with Gasteiger partial charge in [-0.1, -0.05) is 157 Å². The van der Waals surface area contributed by atoms with Gasteiger partial charge in [0.15, 0.2) is 0 Å². The molecule has 1 spiro atoms. The summed E-state index contributed by atoms with van der Waals surface area (Å²) in [5, 5.41) is 0. The average Bonchev–Trinajstić information content (AvgIpc) is 3.35. The van der Waals surface area contributed by atoms with Crippen LogP contribution in [0.1, 0.15) is 74.9 Å². The first-order valence-electron chi connectivity index (χ1n) is 16.6. The zero-order valence-electron chi connectivity index (χ0n) is 28.1. The molecule has 2 nitrogen and oxygen atoms in total. The Morgan fingerprint density at radius 1 is 0.468 bits per heavy atom. The Labute approximate surface area is 278 Å². The van der Waals surface area contributed by atoms with Crippen LogP contribution in [0.2, 0.25) is 0 Å². The first-order chi connectivity index (χ1) is 22.5. The fraction of sp³-hybridized carbons (Fsp3) is 0.200. The van der Waals surface area contributed by atoms with Crippen LogP contribution in [0.15, 0.2) is 127 Å². The number of benzene rings is 6. The highest BCUT2D eigenvalue weighted by atomic mass is 16.5. The fourth-order valence-corrected chi connectivity index (χ4v) is 7.83. The van der Waals surface area contributed by atoms with E-state index in [1.807, 2.05) is 0 Å². The summed E-state index contributed by atoms with van der Waals surface area (Å²) in [7, 11) is 0. The van der Waals surface area contributed by atoms with E-state index in [-0.39, 0.29) is 10.8 Å². The molecule has 0 bridgehead atoms. The van der Waals surface area contributed by atoms with Crippen LogP contribution in [0, 0.1) is 0 Å². The lowest BCUT2D eigenvalue weighted by atomic mass is 9.66. The molecule has 0 aromatic heterocycles. The number of para-hydroxylation sites is 3. The molecule has 2 heteroatoms. The number of anilines is 1. The first-order valence-corrected chi connectivity index (χ1v) is 16.6. The van der Waals surface area contributed by atoms with Crippen molar-refractivity contribution < 1.29 is 4.74 Å². The minimum atomic E-state index is -0.512. The van der Waals surface area contributed by atoms with E-state index in [4.69, 9.17) is 10.5 Å². The molecule has 2 N–H and O–H groups in total. The molecule has 0 fully saturated rings. The average molecular weight is 612 g/mol. The van der Waals surface area contributed by atoms with Crippen molar-refractivity contribution in [2.45, 2.75) is 57.8 Å². The molecular formula is C45H41NO. The highest BCUT2D eigenvalue weighted by molar-refractivity contribution is 6.00. The SMILES string of the molecule is CC(C)(C)c1cc(-c2cccc(-c3cccc4c3-c3ccccc3C43c4ccccc4Oc4ccccc43)c2N)cc(C(C)(C)C)c1. The number of fused-ring (bicyclic) bond motifs is 9. The Kier molecular flexibility index (Phi) is 6.37. The third kappa shape index (κ3) is 4.31. The summed E-state index contributed by atoms with van der Waals surface area (Å²) < 4.78 is 6.54. The molecule has 47 heavy (non-hydrogen) atoms. The Bertz CT molecular complexity index is 2130. The minimum absolute atomic E-state index is 0.0109. The van der Waals surface area contributed by atoms with E-state index in [9.17, 15) is 0 Å². The molecule has 0 atom stereocenters. The summed E-state index contributed by atoms with van der Waals surface area (Å²) in [6.07, 6.45) is 0. The Morgan fingerprint density at radius 3 is 1.55 bits per heavy atom. The number of hydrogen-bond acceptors (Lipinski definition) is 2. The molecular weight excluding hydrogens is 571 g/mol. The van der Waals surface area contributed by atoms with E-state index in [0.717, 1.165) is 45.0 Å². The molecule has 1 aliphatic heterocycles. The summed E-state index contributed by atoms with van der Waals surface area (Å²) in [5.41, 5.74) is 22.0. The van der Waals surface area contributed by atoms with E-state index in [1.54, 1.807) is 0 Å². The van der Waals surface area contributed by atoms with E-state index >= 15 is 0 Å². The standard InChI is InChI=1S/C45H41NO/c1-43(2,3)29-25-28(26-30(27-29)44(4,5)6)31-16-13-18-33(42(31)46)32-17-14-22-38-41(32)34-15-7-8-19-35(34)45(38)36-20-9-11-23-39(36)47-40-24-12-10-21-37(40)45/h7-27H,46H2,1-6H3. The van der Waals surface area contributed by atoms with E-state index < -0.39 is 5.41 Å². The van der Waals surface area contributed by atoms with Crippen LogP contribution in [0.5, 0.6) is 11.5 Å². The highest BCUT2D eigenvalue weighted by Gasteiger charge is 2.51. The molecule has 0 saturated carbocycles. The molecule has 2 aliphatic rings. The maximum absolute atomic E-state index is 7.28. The maximum Gasteiger partial charge on any atom is 0.132 e. The van der Waals surface area contributed by atoms with Crippen molar-refractivity contribution in [3.8, 4) is 44.9 Å². The Morgan fingerprint density at radius 2 is 0.936 bits per heavy atom. The molecule has 8 rings (SSSR count). The summed E-state index contributed by atoms with van der Waals surface area (Å²) >= 11 is 0. The lowest BCUT2D eigenvalue weighted by Gasteiger charge is -2.39. The van der Waals surface area contributed by atoms with Gasteiger partial charge in [-0.05, 0) is 67.5 Å². The van der Waals surface area contributed by atoms with Crippen LogP contribution in [-0.4, -0.2) is 0 Å². The van der Waals surface area contributed by atoms with Crippen molar-refractivity contribution in [3.63, 3.8) is 0 Å². The molecule has 0 unspecified atom stereocenters. The normalized spacial score (nSPS) is 14.2. The molecule has 6 aromatic rings. The molecule has 232 valence electrons. The van der Waals surface area contributed by atoms with Gasteiger partial charge in [-0.25, -0.2) is 0 Å². The van der Waals surface area contributed by atoms with Crippen molar-refractivity contribution in [1.82, 2.24) is 0 Å². The largest absolute Gasteiger partial charge is 0.457 e. The third-order valence-corrected chi connectivity index (χ3v) is 10.2. The van der Waals surface area contributed by atoms with Gasteiger partial charge in [0, 0.05) is 27.9 Å². The molecule has 6 aromatic carbocycles. The second-order valence-electron chi connectivity index (χ2n) is 15.2. The molecule has 0 amide bonds. The second kappa shape index (κ2) is 10.2. The zero-order chi connectivity index (χ0) is 32.7. The predicted octanol–water partition coefficient (Wildman–Crippen LogP) is 11.7. The van der Waals surface area contributed by atoms with Gasteiger partial charge < -0.3 is 10.5 Å². The van der Waals surface area contributed by atoms with Gasteiger partial charge >= 0.3 is 0 Å². The van der Waals surface area contributed by atoms with Crippen molar-refractivity contribution in [2.24, 2.45) is 0 Å². The Balaban J connectivity index is 1.41. The van der Waals surface area contributed by atoms with Crippen LogP contribution in [0.4, 0.5) is 5.69 Å². The summed E-state index contributed by atoms with van der Waals surface area (Å²) in [6, 6.07) is 46.2. The van der Waals surface area contributed by atoms with Gasteiger partial charge in [-0.3, -0.25) is 0 Å². The van der Waals surface area contributed by atoms with Crippen LogP contribution in [-0.2, 0) is 16.2 Å². The third-order valence-electron chi connectivity index (χ3n) is 10.2. The molecule has 1 aliphatic carbocycles. The summed E-state index contributed by atoms with van der Waals surface area (Å²) in [4.78, 5) is 0. The Hall–Kier alpha value is -5.08. The van der Waals surface area contributed by atoms with Gasteiger partial charge in [0.05, 0.1) is 5.41 Å². The minimum Gasteiger partial charge on any atom is -0.457 e. The van der Waals surface area contributed by atoms with Crippen LogP contribution in [0.3, 0.4) is 0 Å². The van der Waals surface area contributed by atoms with Crippen molar-refractivity contribution in [3.05, 3.63) is 161 Å². The van der Waals surface area contributed by atoms with Crippen LogP contribution in [0.25, 0.3) is 33.4 Å². The van der Waals surface area contributed by atoms with Gasteiger partial charge in [-0.15, -0.1) is 0 Å². The number of nitrogens with two attached hydrogens (primary N) is 1. The maximum atomic E-state index is 7.28. The van der Waals surface area contributed by atoms with E-state index in [2.05, 4.69) is 169 Å². The number of hydrogen-bond donors (Lipinski definition) is 1. The van der Waals surface area contributed by atoms with Gasteiger partial charge in [0.25, 0.3) is 0 Å². The summed E-state index contributed by atoms with van der Waals surface area (Å²) in [5.74, 6) is 1.79. The lowest BCUT2D eigenvalue weighted by molar-refractivity contribution is 0.436.